The summed E-state index contributed by atoms with van der Waals surface area (Å²) in [4.78, 5) is 20.1. The molecule has 3 atom stereocenters. The largest absolute Gasteiger partial charge is 0.453 e. The number of nitriles is 1. The van der Waals surface area contributed by atoms with Crippen LogP contribution < -0.4 is 5.32 Å². The van der Waals surface area contributed by atoms with Gasteiger partial charge in [0.2, 0.25) is 0 Å². The number of ether oxygens (including phenoxy) is 1. The van der Waals surface area contributed by atoms with Crippen molar-refractivity contribution in [2.75, 3.05) is 66.0 Å². The van der Waals surface area contributed by atoms with Gasteiger partial charge in [-0.15, -0.1) is 0 Å². The smallest absolute Gasteiger partial charge is 0.407 e. The number of carbonyl (C=O) groups excluding carboxylic acids is 1. The van der Waals surface area contributed by atoms with Crippen LogP contribution in [0.15, 0.2) is 24.3 Å². The summed E-state index contributed by atoms with van der Waals surface area (Å²) in [6.45, 7) is 9.96. The lowest BCUT2D eigenvalue weighted by molar-refractivity contribution is 0.0114. The number of carbonyl (C=O) groups is 1. The van der Waals surface area contributed by atoms with E-state index in [4.69, 9.17) is 10.00 Å². The standard InChI is InChI=1S/C32H48FN5O2/c1-40-31(39)35-30-11-6-10-29(30)32(24-37-16-7-17-37,27-8-5-9-28(33)20-27)26-12-18-36(19-13-26)21-25-22-38(23-25)15-4-2-3-14-34/h5,8-9,20,25-26,29-30H,2-4,6-7,10-13,15-19,21-24H2,1H3,(H,35,39)/t29-,30-,32-/m0/s1. The van der Waals surface area contributed by atoms with Gasteiger partial charge in [-0.25, -0.2) is 9.18 Å². The zero-order valence-corrected chi connectivity index (χ0v) is 24.3. The molecule has 40 heavy (non-hydrogen) atoms. The molecule has 0 bridgehead atoms. The van der Waals surface area contributed by atoms with Crippen LogP contribution in [0.3, 0.4) is 0 Å². The molecule has 5 rings (SSSR count). The quantitative estimate of drug-likeness (QED) is 0.381. The summed E-state index contributed by atoms with van der Waals surface area (Å²) in [6.07, 6.45) is 8.95. The van der Waals surface area contributed by atoms with Crippen LogP contribution in [0.2, 0.25) is 0 Å². The van der Waals surface area contributed by atoms with Gasteiger partial charge in [-0.05, 0) is 113 Å². The maximum absolute atomic E-state index is 14.8. The number of piperidine rings is 1. The van der Waals surface area contributed by atoms with Crippen LogP contribution in [0.4, 0.5) is 9.18 Å². The van der Waals surface area contributed by atoms with E-state index in [-0.39, 0.29) is 29.3 Å². The predicted molar refractivity (Wildman–Crippen MR) is 154 cm³/mol. The Kier molecular flexibility index (Phi) is 9.98. The Morgan fingerprint density at radius 2 is 1.88 bits per heavy atom. The van der Waals surface area contributed by atoms with E-state index in [0.717, 1.165) is 102 Å². The van der Waals surface area contributed by atoms with Crippen molar-refractivity contribution in [1.29, 1.82) is 5.26 Å². The first kappa shape index (κ1) is 29.3. The summed E-state index contributed by atoms with van der Waals surface area (Å²) in [6, 6.07) is 9.68. The number of hydrogen-bond acceptors (Lipinski definition) is 6. The second kappa shape index (κ2) is 13.6. The number of hydrogen-bond donors (Lipinski definition) is 1. The first-order valence-corrected chi connectivity index (χ1v) is 15.7. The number of likely N-dealkylation sites (tertiary alicyclic amines) is 3. The van der Waals surface area contributed by atoms with E-state index in [1.807, 2.05) is 6.07 Å². The minimum absolute atomic E-state index is 0.0455. The Bertz CT molecular complexity index is 1010. The fourth-order valence-electron chi connectivity index (χ4n) is 8.25. The molecule has 1 N–H and O–H groups in total. The summed E-state index contributed by atoms with van der Waals surface area (Å²) in [5.41, 5.74) is 0.917. The molecule has 220 valence electrons. The molecule has 1 amide bonds. The first-order valence-electron chi connectivity index (χ1n) is 15.7. The number of unbranched alkanes of at least 4 members (excludes halogenated alkanes) is 2. The van der Waals surface area contributed by atoms with Crippen molar-refractivity contribution in [1.82, 2.24) is 20.0 Å². The average Bonchev–Trinajstić information content (AvgIpc) is 3.38. The molecule has 3 aliphatic heterocycles. The summed E-state index contributed by atoms with van der Waals surface area (Å²) in [7, 11) is 1.44. The summed E-state index contributed by atoms with van der Waals surface area (Å²) >= 11 is 0. The number of benzene rings is 1. The summed E-state index contributed by atoms with van der Waals surface area (Å²) in [5.74, 6) is 1.27. The number of halogens is 1. The Labute approximate surface area is 240 Å². The van der Waals surface area contributed by atoms with E-state index in [9.17, 15) is 9.18 Å². The van der Waals surface area contributed by atoms with E-state index >= 15 is 0 Å². The molecule has 0 spiro atoms. The Morgan fingerprint density at radius 3 is 2.55 bits per heavy atom. The molecule has 3 heterocycles. The average molecular weight is 554 g/mol. The van der Waals surface area contributed by atoms with E-state index in [1.54, 1.807) is 12.1 Å². The molecule has 8 heteroatoms. The Morgan fingerprint density at radius 1 is 1.07 bits per heavy atom. The third-order valence-electron chi connectivity index (χ3n) is 10.3. The van der Waals surface area contributed by atoms with Gasteiger partial charge in [0, 0.05) is 44.1 Å². The fourth-order valence-corrected chi connectivity index (χ4v) is 8.25. The highest BCUT2D eigenvalue weighted by atomic mass is 19.1. The lowest BCUT2D eigenvalue weighted by Crippen LogP contribution is -2.60. The van der Waals surface area contributed by atoms with Gasteiger partial charge >= 0.3 is 6.09 Å². The van der Waals surface area contributed by atoms with E-state index in [1.165, 1.54) is 26.6 Å². The molecule has 1 aromatic carbocycles. The van der Waals surface area contributed by atoms with E-state index in [0.29, 0.717) is 12.3 Å². The predicted octanol–water partition coefficient (Wildman–Crippen LogP) is 4.63. The molecular weight excluding hydrogens is 505 g/mol. The minimum atomic E-state index is -0.358. The van der Waals surface area contributed by atoms with Crippen LogP contribution in [-0.2, 0) is 10.2 Å². The third-order valence-corrected chi connectivity index (χ3v) is 10.3. The van der Waals surface area contributed by atoms with Crippen molar-refractivity contribution in [3.8, 4) is 6.07 Å². The zero-order chi connectivity index (χ0) is 28.0. The molecule has 3 saturated heterocycles. The van der Waals surface area contributed by atoms with Crippen LogP contribution in [0, 0.1) is 34.9 Å². The molecule has 7 nitrogen and oxygen atoms in total. The molecule has 1 aliphatic carbocycles. The second-order valence-electron chi connectivity index (χ2n) is 12.8. The van der Waals surface area contributed by atoms with Gasteiger partial charge in [-0.2, -0.15) is 5.26 Å². The second-order valence-corrected chi connectivity index (χ2v) is 12.8. The molecule has 0 aromatic heterocycles. The number of alkyl carbamates (subject to hydrolysis) is 1. The number of methoxy groups -OCH3 is 1. The third kappa shape index (κ3) is 6.64. The van der Waals surface area contributed by atoms with Crippen LogP contribution >= 0.6 is 0 Å². The van der Waals surface area contributed by atoms with Gasteiger partial charge in [0.1, 0.15) is 5.82 Å². The highest BCUT2D eigenvalue weighted by molar-refractivity contribution is 5.67. The SMILES string of the molecule is COC(=O)N[C@H]1CCC[C@@H]1[C@](CN1CCC1)(c1cccc(F)c1)C1CCN(CC2CN(CCCCC#N)C2)CC1. The molecule has 4 fully saturated rings. The molecular formula is C32H48FN5O2. The lowest BCUT2D eigenvalue weighted by Gasteiger charge is -2.54. The Balaban J connectivity index is 1.29. The molecule has 0 unspecified atom stereocenters. The number of nitrogens with zero attached hydrogens (tertiary/aromatic N) is 4. The normalized spacial score (nSPS) is 26.4. The first-order chi connectivity index (χ1) is 19.5. The maximum atomic E-state index is 14.8. The number of rotatable bonds is 12. The van der Waals surface area contributed by atoms with Crippen molar-refractivity contribution in [2.24, 2.45) is 17.8 Å². The van der Waals surface area contributed by atoms with E-state index < -0.39 is 0 Å². The van der Waals surface area contributed by atoms with Gasteiger partial charge in [-0.3, -0.25) is 0 Å². The monoisotopic (exact) mass is 553 g/mol. The number of amides is 1. The van der Waals surface area contributed by atoms with Gasteiger partial charge in [-0.1, -0.05) is 18.6 Å². The highest BCUT2D eigenvalue weighted by Gasteiger charge is 2.53. The Hall–Kier alpha value is -2.21. The van der Waals surface area contributed by atoms with Gasteiger partial charge in [0.05, 0.1) is 13.2 Å². The van der Waals surface area contributed by atoms with Crippen LogP contribution in [0.5, 0.6) is 0 Å². The lowest BCUT2D eigenvalue weighted by atomic mass is 9.57. The van der Waals surface area contributed by atoms with Gasteiger partial charge < -0.3 is 24.8 Å². The molecule has 1 saturated carbocycles. The van der Waals surface area contributed by atoms with Crippen molar-refractivity contribution in [3.05, 3.63) is 35.6 Å². The highest BCUT2D eigenvalue weighted by Crippen LogP contribution is 2.51. The minimum Gasteiger partial charge on any atom is -0.453 e. The van der Waals surface area contributed by atoms with E-state index in [2.05, 4.69) is 32.2 Å². The molecule has 0 radical (unpaired) electrons. The molecule has 1 aromatic rings. The fraction of sp³-hybridized carbons (Fsp3) is 0.750. The summed E-state index contributed by atoms with van der Waals surface area (Å²) in [5, 5.41) is 11.9. The summed E-state index contributed by atoms with van der Waals surface area (Å²) < 4.78 is 19.8. The topological polar surface area (TPSA) is 71.8 Å². The van der Waals surface area contributed by atoms with Crippen LogP contribution in [0.25, 0.3) is 0 Å². The van der Waals surface area contributed by atoms with Crippen LogP contribution in [-0.4, -0.2) is 92.8 Å². The van der Waals surface area contributed by atoms with Gasteiger partial charge in [0.25, 0.3) is 0 Å². The zero-order valence-electron chi connectivity index (χ0n) is 24.3. The van der Waals surface area contributed by atoms with Crippen molar-refractivity contribution in [2.45, 2.75) is 69.2 Å². The van der Waals surface area contributed by atoms with Crippen molar-refractivity contribution in [3.63, 3.8) is 0 Å². The van der Waals surface area contributed by atoms with Crippen molar-refractivity contribution < 1.29 is 13.9 Å². The van der Waals surface area contributed by atoms with Crippen LogP contribution in [0.1, 0.15) is 63.4 Å². The van der Waals surface area contributed by atoms with Crippen molar-refractivity contribution >= 4 is 6.09 Å². The maximum Gasteiger partial charge on any atom is 0.407 e. The number of nitrogens with one attached hydrogen (secondary N) is 1. The van der Waals surface area contributed by atoms with Gasteiger partial charge in [0.15, 0.2) is 0 Å². The molecule has 4 aliphatic rings.